The van der Waals surface area contributed by atoms with Crippen LogP contribution < -0.4 is 4.72 Å². The number of esters is 1. The van der Waals surface area contributed by atoms with E-state index in [-0.39, 0.29) is 10.6 Å². The zero-order valence-electron chi connectivity index (χ0n) is 11.4. The van der Waals surface area contributed by atoms with Crippen molar-refractivity contribution < 1.29 is 32.3 Å². The fourth-order valence-electron chi connectivity index (χ4n) is 1.45. The van der Waals surface area contributed by atoms with Crippen molar-refractivity contribution in [3.05, 3.63) is 16.5 Å². The Kier molecular flexibility index (Phi) is 5.54. The van der Waals surface area contributed by atoms with Crippen LogP contribution in [0, 0.1) is 5.92 Å². The van der Waals surface area contributed by atoms with Gasteiger partial charge in [0.15, 0.2) is 4.67 Å². The Labute approximate surface area is 129 Å². The monoisotopic (exact) mass is 383 g/mol. The molecule has 0 aliphatic rings. The molecule has 0 unspecified atom stereocenters. The molecule has 0 aromatic carbocycles. The summed E-state index contributed by atoms with van der Waals surface area (Å²) >= 11 is 2.84. The van der Waals surface area contributed by atoms with Crippen LogP contribution >= 0.6 is 15.9 Å². The van der Waals surface area contributed by atoms with Crippen LogP contribution in [0.5, 0.6) is 0 Å². The number of methoxy groups -OCH3 is 1. The van der Waals surface area contributed by atoms with Gasteiger partial charge in [-0.05, 0) is 21.8 Å². The van der Waals surface area contributed by atoms with Gasteiger partial charge in [-0.3, -0.25) is 4.79 Å². The van der Waals surface area contributed by atoms with Gasteiger partial charge in [0.1, 0.15) is 10.9 Å². The minimum atomic E-state index is -4.16. The number of furan rings is 1. The van der Waals surface area contributed by atoms with Crippen molar-refractivity contribution >= 4 is 37.9 Å². The van der Waals surface area contributed by atoms with E-state index < -0.39 is 38.7 Å². The first kappa shape index (κ1) is 17.7. The number of ether oxygens (including phenoxy) is 1. The first-order valence-electron chi connectivity index (χ1n) is 5.73. The molecule has 21 heavy (non-hydrogen) atoms. The lowest BCUT2D eigenvalue weighted by molar-refractivity contribution is -0.143. The molecule has 1 aromatic heterocycles. The second kappa shape index (κ2) is 6.58. The van der Waals surface area contributed by atoms with Crippen molar-refractivity contribution in [3.8, 4) is 0 Å². The number of rotatable bonds is 6. The van der Waals surface area contributed by atoms with E-state index in [4.69, 9.17) is 9.52 Å². The van der Waals surface area contributed by atoms with Gasteiger partial charge >= 0.3 is 11.9 Å². The van der Waals surface area contributed by atoms with E-state index in [0.29, 0.717) is 0 Å². The number of nitrogens with one attached hydrogen (secondary N) is 1. The summed E-state index contributed by atoms with van der Waals surface area (Å²) in [6, 6.07) is -0.251. The molecule has 0 amide bonds. The van der Waals surface area contributed by atoms with E-state index in [1.54, 1.807) is 13.8 Å². The zero-order valence-corrected chi connectivity index (χ0v) is 13.8. The van der Waals surface area contributed by atoms with Crippen molar-refractivity contribution in [1.82, 2.24) is 4.72 Å². The van der Waals surface area contributed by atoms with Gasteiger partial charge < -0.3 is 14.3 Å². The quantitative estimate of drug-likeness (QED) is 0.707. The molecule has 10 heteroatoms. The Balaban J connectivity index is 3.16. The number of hydrogen-bond acceptors (Lipinski definition) is 6. The number of carbonyl (C=O) groups is 2. The van der Waals surface area contributed by atoms with E-state index in [0.717, 1.165) is 13.2 Å². The van der Waals surface area contributed by atoms with E-state index in [1.165, 1.54) is 0 Å². The molecule has 0 aliphatic carbocycles. The van der Waals surface area contributed by atoms with Crippen molar-refractivity contribution in [3.63, 3.8) is 0 Å². The number of halogens is 1. The Morgan fingerprint density at radius 1 is 1.43 bits per heavy atom. The Morgan fingerprint density at radius 3 is 2.38 bits per heavy atom. The maximum atomic E-state index is 12.2. The molecule has 0 spiro atoms. The molecule has 1 atom stereocenters. The third-order valence-electron chi connectivity index (χ3n) is 2.56. The van der Waals surface area contributed by atoms with Crippen LogP contribution in [0.4, 0.5) is 0 Å². The van der Waals surface area contributed by atoms with Crippen molar-refractivity contribution in [2.45, 2.75) is 24.8 Å². The number of carboxylic acid groups (broad SMARTS) is 1. The highest BCUT2D eigenvalue weighted by atomic mass is 79.9. The molecular formula is C11H14BrNO7S. The minimum absolute atomic E-state index is 0.264. The lowest BCUT2D eigenvalue weighted by atomic mass is 10.1. The largest absolute Gasteiger partial charge is 0.475 e. The summed E-state index contributed by atoms with van der Waals surface area (Å²) < 4.78 is 35.7. The molecule has 0 fully saturated rings. The Bertz CT molecular complexity index is 650. The number of sulfonamides is 1. The molecule has 118 valence electrons. The van der Waals surface area contributed by atoms with E-state index in [2.05, 4.69) is 25.4 Å². The van der Waals surface area contributed by atoms with Crippen LogP contribution in [0.1, 0.15) is 24.4 Å². The van der Waals surface area contributed by atoms with Gasteiger partial charge in [0.25, 0.3) is 0 Å². The molecule has 0 aliphatic heterocycles. The molecule has 2 N–H and O–H groups in total. The van der Waals surface area contributed by atoms with Gasteiger partial charge in [0, 0.05) is 6.07 Å². The van der Waals surface area contributed by atoms with Gasteiger partial charge in [-0.1, -0.05) is 13.8 Å². The van der Waals surface area contributed by atoms with Gasteiger partial charge in [-0.15, -0.1) is 0 Å². The lowest BCUT2D eigenvalue weighted by Gasteiger charge is -2.19. The number of carboxylic acids is 1. The van der Waals surface area contributed by atoms with Crippen molar-refractivity contribution in [2.75, 3.05) is 7.11 Å². The molecule has 0 saturated carbocycles. The predicted octanol–water partition coefficient (Wildman–Crippen LogP) is 1.22. The summed E-state index contributed by atoms with van der Waals surface area (Å²) in [5.74, 6) is -3.06. The summed E-state index contributed by atoms with van der Waals surface area (Å²) in [5, 5.41) is 8.78. The predicted molar refractivity (Wildman–Crippen MR) is 74.3 cm³/mol. The van der Waals surface area contributed by atoms with Crippen LogP contribution in [0.15, 0.2) is 20.0 Å². The first-order chi connectivity index (χ1) is 9.60. The lowest BCUT2D eigenvalue weighted by Crippen LogP contribution is -2.44. The second-order valence-corrected chi connectivity index (χ2v) is 6.82. The van der Waals surface area contributed by atoms with Gasteiger partial charge in [0.05, 0.1) is 7.11 Å². The number of carbonyl (C=O) groups excluding carboxylic acids is 1. The maximum Gasteiger partial charge on any atom is 0.371 e. The molecule has 1 rings (SSSR count). The highest BCUT2D eigenvalue weighted by molar-refractivity contribution is 9.10. The van der Waals surface area contributed by atoms with Gasteiger partial charge in [-0.25, -0.2) is 13.2 Å². The van der Waals surface area contributed by atoms with Gasteiger partial charge in [0.2, 0.25) is 15.8 Å². The zero-order chi connectivity index (χ0) is 16.4. The summed E-state index contributed by atoms with van der Waals surface area (Å²) in [6.45, 7) is 3.27. The van der Waals surface area contributed by atoms with E-state index in [1.807, 2.05) is 0 Å². The van der Waals surface area contributed by atoms with Crippen LogP contribution in [-0.4, -0.2) is 38.6 Å². The third kappa shape index (κ3) is 4.05. The van der Waals surface area contributed by atoms with Crippen LogP contribution in [0.2, 0.25) is 0 Å². The molecule has 0 bridgehead atoms. The standard InChI is InChI=1S/C11H14BrNO7S/c1-5(2)8(11(16)19-3)13-21(17,18)7-4-6(10(14)15)20-9(7)12/h4-5,8,13H,1-3H3,(H,14,15)/t8-/m0/s1. The molecule has 0 radical (unpaired) electrons. The number of aromatic carboxylic acids is 1. The highest BCUT2D eigenvalue weighted by Crippen LogP contribution is 2.26. The molecule has 0 saturated heterocycles. The summed E-state index contributed by atoms with van der Waals surface area (Å²) in [6.07, 6.45) is 0. The fourth-order valence-corrected chi connectivity index (χ4v) is 3.73. The SMILES string of the molecule is COC(=O)[C@@H](NS(=O)(=O)c1cc(C(=O)O)oc1Br)C(C)C. The van der Waals surface area contributed by atoms with Crippen molar-refractivity contribution in [1.29, 1.82) is 0 Å². The van der Waals surface area contributed by atoms with E-state index >= 15 is 0 Å². The van der Waals surface area contributed by atoms with Crippen LogP contribution in [0.25, 0.3) is 0 Å². The van der Waals surface area contributed by atoms with Crippen molar-refractivity contribution in [2.24, 2.45) is 5.92 Å². The Hall–Kier alpha value is -1.39. The minimum Gasteiger partial charge on any atom is -0.475 e. The first-order valence-corrected chi connectivity index (χ1v) is 8.00. The maximum absolute atomic E-state index is 12.2. The van der Waals surface area contributed by atoms with Crippen LogP contribution in [-0.2, 0) is 19.6 Å². The molecule has 8 nitrogen and oxygen atoms in total. The molecule has 1 aromatic rings. The second-order valence-electron chi connectivity index (χ2n) is 4.42. The molecular weight excluding hydrogens is 370 g/mol. The third-order valence-corrected chi connectivity index (χ3v) is 4.86. The van der Waals surface area contributed by atoms with E-state index in [9.17, 15) is 18.0 Å². The average molecular weight is 384 g/mol. The Morgan fingerprint density at radius 2 is 2.00 bits per heavy atom. The summed E-state index contributed by atoms with van der Waals surface area (Å²) in [4.78, 5) is 21.9. The highest BCUT2D eigenvalue weighted by Gasteiger charge is 2.32. The normalized spacial score (nSPS) is 13.2. The topological polar surface area (TPSA) is 123 Å². The average Bonchev–Trinajstić information content (AvgIpc) is 2.78. The number of hydrogen-bond donors (Lipinski definition) is 2. The van der Waals surface area contributed by atoms with Crippen LogP contribution in [0.3, 0.4) is 0 Å². The van der Waals surface area contributed by atoms with Gasteiger partial charge in [-0.2, -0.15) is 4.72 Å². The summed E-state index contributed by atoms with van der Waals surface area (Å²) in [7, 11) is -3.02. The smallest absolute Gasteiger partial charge is 0.371 e. The molecule has 1 heterocycles. The fraction of sp³-hybridized carbons (Fsp3) is 0.455. The summed E-state index contributed by atoms with van der Waals surface area (Å²) in [5.41, 5.74) is 0.